The van der Waals surface area contributed by atoms with E-state index in [9.17, 15) is 43.0 Å². The number of rotatable bonds is 3. The SMILES string of the molecule is C.C.Clc1ccc2ccccc2n1.Nc1cccc2ccc(=O)[nH]c12.O=S(=O)(O)O.O=[N+]([O-])O.O=[N+]([O-])c1cccc2ccc(Cl)nc12.O=c1ccc2cccc(S(=O)(=O)Cl)c2[nH]1.O=c1ccc2cccc([N+](=O)[O-])c2[nH]1. The number of fused-ring (bicyclic) bond motifs is 5. The topological polar surface area (TPSA) is 409 Å². The van der Waals surface area contributed by atoms with E-state index in [2.05, 4.69) is 24.9 Å². The van der Waals surface area contributed by atoms with Crippen LogP contribution in [0, 0.1) is 30.3 Å². The monoisotopic (exact) mass is 1160 g/mol. The van der Waals surface area contributed by atoms with Gasteiger partial charge in [-0.15, -0.1) is 10.1 Å². The molecule has 0 fully saturated rings. The fourth-order valence-electron chi connectivity index (χ4n) is 6.17. The number of aromatic amines is 3. The van der Waals surface area contributed by atoms with Gasteiger partial charge in [0.1, 0.15) is 26.2 Å². The minimum atomic E-state index is -4.67. The first-order chi connectivity index (χ1) is 35.2. The molecule has 5 aromatic carbocycles. The molecular formula is C47H42Cl3N9O16S2. The molecule has 10 rings (SSSR count). The quantitative estimate of drug-likeness (QED) is 0.0216. The number of benzene rings is 5. The van der Waals surface area contributed by atoms with Gasteiger partial charge >= 0.3 is 10.4 Å². The number of pyridine rings is 5. The van der Waals surface area contributed by atoms with E-state index < -0.39 is 34.4 Å². The van der Waals surface area contributed by atoms with Crippen LogP contribution < -0.4 is 22.4 Å². The van der Waals surface area contributed by atoms with Gasteiger partial charge in [0, 0.05) is 62.6 Å². The second kappa shape index (κ2) is 29.2. The third kappa shape index (κ3) is 20.7. The zero-order valence-electron chi connectivity index (χ0n) is 37.4. The molecule has 5 aromatic heterocycles. The molecule has 25 nitrogen and oxygen atoms in total. The summed E-state index contributed by atoms with van der Waals surface area (Å²) in [4.78, 5) is 77.2. The summed E-state index contributed by atoms with van der Waals surface area (Å²) in [6, 6.07) is 43.5. The predicted octanol–water partition coefficient (Wildman–Crippen LogP) is 9.96. The molecule has 77 heavy (non-hydrogen) atoms. The smallest absolute Gasteiger partial charge is 0.394 e. The molecule has 0 aliphatic rings. The van der Waals surface area contributed by atoms with Crippen molar-refractivity contribution in [1.29, 1.82) is 0 Å². The molecule has 0 aliphatic carbocycles. The molecular weight excluding hydrogens is 1120 g/mol. The second-order valence-electron chi connectivity index (χ2n) is 14.2. The Kier molecular flexibility index (Phi) is 24.3. The highest BCUT2D eigenvalue weighted by Gasteiger charge is 2.15. The lowest BCUT2D eigenvalue weighted by atomic mass is 10.2. The van der Waals surface area contributed by atoms with Crippen molar-refractivity contribution >= 4 is 125 Å². The van der Waals surface area contributed by atoms with E-state index in [1.54, 1.807) is 78.9 Å². The summed E-state index contributed by atoms with van der Waals surface area (Å²) in [7, 11) is -3.27. The minimum absolute atomic E-state index is 0. The Labute approximate surface area is 448 Å². The standard InChI is InChI=1S/C9H5ClN2O2.C9H6ClNO3S.C9H6ClN.C9H6N2O3.C9H8N2O.2CH4.HNO3.H2O4S/c10-8-5-4-6-2-1-3-7(12(13)14)9(6)11-8;10-15(13,14)7-3-1-2-6-4-5-8(12)11-9(6)7;10-9-6-5-7-3-1-2-4-8(7)11-9;12-8-5-4-6-2-1-3-7(11(13)14)9(6)10-8;10-7-3-1-2-6-4-5-8(12)11-9(6)7;;;2-1(3)4;1-5(2,3)4/h1-5H;1-5H,(H,11,12);1-6H;1-5H,(H,10,12);1-5H,10H2,(H,11,12);2*1H4;(H,2,3,4);(H2,1,2,3,4). The Balaban J connectivity index is 0.000000315. The first-order valence-corrected chi connectivity index (χ1v) is 24.6. The molecule has 0 saturated heterocycles. The molecule has 30 heteroatoms. The maximum absolute atomic E-state index is 11.2. The van der Waals surface area contributed by atoms with Crippen LogP contribution in [0.4, 0.5) is 17.1 Å². The van der Waals surface area contributed by atoms with Crippen molar-refractivity contribution in [2.24, 2.45) is 0 Å². The summed E-state index contributed by atoms with van der Waals surface area (Å²) in [6.07, 6.45) is 0. The van der Waals surface area contributed by atoms with Gasteiger partial charge in [0.2, 0.25) is 16.7 Å². The van der Waals surface area contributed by atoms with Crippen LogP contribution in [0.3, 0.4) is 0 Å². The highest BCUT2D eigenvalue weighted by molar-refractivity contribution is 8.14. The van der Waals surface area contributed by atoms with Gasteiger partial charge in [-0.1, -0.05) is 105 Å². The average molecular weight is 1160 g/mol. The molecule has 8 N–H and O–H groups in total. The molecule has 0 saturated carbocycles. The molecule has 0 radical (unpaired) electrons. The number of aromatic nitrogens is 5. The normalized spacial score (nSPS) is 10.2. The fourth-order valence-corrected chi connectivity index (χ4v) is 7.51. The van der Waals surface area contributed by atoms with Gasteiger partial charge in [0.05, 0.1) is 32.1 Å². The van der Waals surface area contributed by atoms with Gasteiger partial charge in [-0.05, 0) is 66.0 Å². The summed E-state index contributed by atoms with van der Waals surface area (Å²) in [5.74, 6) is 0. The summed E-state index contributed by atoms with van der Waals surface area (Å²) in [5.41, 5.74) is 7.81. The molecule has 0 bridgehead atoms. The van der Waals surface area contributed by atoms with Crippen LogP contribution in [0.25, 0.3) is 54.5 Å². The van der Waals surface area contributed by atoms with Crippen LogP contribution in [0.2, 0.25) is 10.3 Å². The van der Waals surface area contributed by atoms with Crippen LogP contribution in [-0.2, 0) is 19.4 Å². The van der Waals surface area contributed by atoms with Crippen molar-refractivity contribution in [2.75, 3.05) is 5.73 Å². The van der Waals surface area contributed by atoms with E-state index in [1.165, 1.54) is 36.4 Å². The fraction of sp³-hybridized carbons (Fsp3) is 0.0426. The number of anilines is 1. The lowest BCUT2D eigenvalue weighted by Gasteiger charge is -2.01. The number of hydrogen-bond acceptors (Lipinski definition) is 16. The van der Waals surface area contributed by atoms with Crippen LogP contribution in [0.15, 0.2) is 177 Å². The zero-order valence-corrected chi connectivity index (χ0v) is 41.3. The average Bonchev–Trinajstić information content (AvgIpc) is 3.33. The van der Waals surface area contributed by atoms with Gasteiger partial charge in [0.15, 0.2) is 0 Å². The summed E-state index contributed by atoms with van der Waals surface area (Å²) >= 11 is 11.4. The number of para-hydroxylation sites is 5. The number of nitro benzene ring substituents is 2. The lowest BCUT2D eigenvalue weighted by Crippen LogP contribution is -2.05. The van der Waals surface area contributed by atoms with Gasteiger partial charge in [-0.2, -0.15) is 8.42 Å². The van der Waals surface area contributed by atoms with E-state index in [4.69, 9.17) is 72.5 Å². The third-order valence-electron chi connectivity index (χ3n) is 9.13. The van der Waals surface area contributed by atoms with Crippen molar-refractivity contribution in [2.45, 2.75) is 19.7 Å². The summed E-state index contributed by atoms with van der Waals surface area (Å²) in [5, 5.41) is 39.8. The van der Waals surface area contributed by atoms with Gasteiger partial charge in [0.25, 0.3) is 25.5 Å². The van der Waals surface area contributed by atoms with Crippen molar-refractivity contribution in [3.05, 3.63) is 229 Å². The van der Waals surface area contributed by atoms with Crippen LogP contribution in [0.5, 0.6) is 0 Å². The maximum atomic E-state index is 11.2. The molecule has 10 aromatic rings. The first-order valence-electron chi connectivity index (χ1n) is 20.2. The molecule has 0 aliphatic heterocycles. The number of halogens is 3. The number of H-pyrrole nitrogens is 3. The van der Waals surface area contributed by atoms with Crippen molar-refractivity contribution in [1.82, 2.24) is 24.9 Å². The van der Waals surface area contributed by atoms with Crippen molar-refractivity contribution < 1.29 is 46.1 Å². The number of nitrogens with two attached hydrogens (primary N) is 1. The van der Waals surface area contributed by atoms with Crippen molar-refractivity contribution in [3.63, 3.8) is 0 Å². The minimum Gasteiger partial charge on any atom is -0.397 e. The molecule has 0 amide bonds. The number of nitrogens with one attached hydrogen (secondary N) is 3. The van der Waals surface area contributed by atoms with Crippen molar-refractivity contribution in [3.8, 4) is 0 Å². The Morgan fingerprint density at radius 1 is 0.494 bits per heavy atom. The number of hydrogen-bond donors (Lipinski definition) is 7. The van der Waals surface area contributed by atoms with E-state index >= 15 is 0 Å². The highest BCUT2D eigenvalue weighted by atomic mass is 35.7. The van der Waals surface area contributed by atoms with Crippen LogP contribution >= 0.6 is 33.9 Å². The molecule has 404 valence electrons. The summed E-state index contributed by atoms with van der Waals surface area (Å²) in [6.45, 7) is 0. The largest absolute Gasteiger partial charge is 0.397 e. The van der Waals surface area contributed by atoms with Crippen LogP contribution in [0.1, 0.15) is 14.9 Å². The molecule has 0 spiro atoms. The van der Waals surface area contributed by atoms with Crippen LogP contribution in [-0.4, -0.2) is 71.0 Å². The van der Waals surface area contributed by atoms with E-state index in [-0.39, 0.29) is 64.0 Å². The number of nitrogen functional groups attached to an aromatic ring is 1. The molecule has 0 atom stereocenters. The maximum Gasteiger partial charge on any atom is 0.394 e. The highest BCUT2D eigenvalue weighted by Crippen LogP contribution is 2.26. The van der Waals surface area contributed by atoms with Gasteiger partial charge in [-0.3, -0.25) is 43.7 Å². The zero-order chi connectivity index (χ0) is 55.6. The Morgan fingerprint density at radius 3 is 1.39 bits per heavy atom. The number of non-ortho nitro benzene ring substituents is 2. The Hall–Kier alpha value is -8.96. The first kappa shape index (κ1) is 64.2. The molecule has 5 heterocycles. The number of nitrogens with zero attached hydrogens (tertiary/aromatic N) is 5. The lowest BCUT2D eigenvalue weighted by molar-refractivity contribution is -0.742. The van der Waals surface area contributed by atoms with Gasteiger partial charge in [-0.25, -0.2) is 18.4 Å². The van der Waals surface area contributed by atoms with E-state index in [0.29, 0.717) is 38.0 Å². The second-order valence-corrected chi connectivity index (χ2v) is 18.4. The Morgan fingerprint density at radius 2 is 0.870 bits per heavy atom. The Bertz CT molecular complexity index is 4120. The number of nitro groups is 2. The predicted molar refractivity (Wildman–Crippen MR) is 294 cm³/mol. The summed E-state index contributed by atoms with van der Waals surface area (Å²) < 4.78 is 54.0. The van der Waals surface area contributed by atoms with Gasteiger partial charge < -0.3 is 25.9 Å². The van der Waals surface area contributed by atoms with E-state index in [1.807, 2.05) is 42.5 Å². The van der Waals surface area contributed by atoms with E-state index in [0.717, 1.165) is 16.3 Å². The third-order valence-corrected chi connectivity index (χ3v) is 10.9. The molecule has 0 unspecified atom stereocenters.